The Kier molecular flexibility index (Phi) is 16.2. The SMILES string of the molecule is CCCCCCCC.O=[SH](=O)O. The van der Waals surface area contributed by atoms with Gasteiger partial charge in [0.05, 0.1) is 0 Å². The molecule has 0 fully saturated rings. The zero-order valence-corrected chi connectivity index (χ0v) is 8.85. The zero-order valence-electron chi connectivity index (χ0n) is 7.95. The smallest absolute Gasteiger partial charge is 0.254 e. The zero-order chi connectivity index (χ0) is 9.82. The Morgan fingerprint density at radius 2 is 1.17 bits per heavy atom. The van der Waals surface area contributed by atoms with E-state index in [0.717, 1.165) is 0 Å². The van der Waals surface area contributed by atoms with Crippen LogP contribution in [0.2, 0.25) is 0 Å². The number of thiol groups is 1. The van der Waals surface area contributed by atoms with Crippen molar-refractivity contribution >= 4 is 11.0 Å². The maximum Gasteiger partial charge on any atom is 0.254 e. The number of hydrogen-bond donors (Lipinski definition) is 2. The molecule has 0 amide bonds. The van der Waals surface area contributed by atoms with Gasteiger partial charge in [-0.2, -0.15) is 0 Å². The lowest BCUT2D eigenvalue weighted by Crippen LogP contribution is -1.73. The molecule has 3 nitrogen and oxygen atoms in total. The topological polar surface area (TPSA) is 54.4 Å². The first-order valence-electron chi connectivity index (χ1n) is 4.48. The van der Waals surface area contributed by atoms with E-state index in [2.05, 4.69) is 13.8 Å². The van der Waals surface area contributed by atoms with Crippen LogP contribution in [0.15, 0.2) is 0 Å². The Bertz CT molecular complexity index is 118. The molecule has 0 aliphatic heterocycles. The van der Waals surface area contributed by atoms with E-state index in [4.69, 9.17) is 13.0 Å². The van der Waals surface area contributed by atoms with Crippen molar-refractivity contribution < 1.29 is 13.0 Å². The van der Waals surface area contributed by atoms with Crippen LogP contribution < -0.4 is 0 Å². The second-order valence-corrected chi connectivity index (χ2v) is 3.13. The molecule has 0 atom stereocenters. The Hall–Kier alpha value is -0.0900. The summed E-state index contributed by atoms with van der Waals surface area (Å²) in [6.07, 6.45) is 8.49. The van der Waals surface area contributed by atoms with Crippen molar-refractivity contribution in [3.05, 3.63) is 0 Å². The number of rotatable bonds is 5. The fraction of sp³-hybridized carbons (Fsp3) is 1.00. The predicted octanol–water partition coefficient (Wildman–Crippen LogP) is 2.44. The van der Waals surface area contributed by atoms with Gasteiger partial charge in [0.25, 0.3) is 11.0 Å². The van der Waals surface area contributed by atoms with E-state index in [1.54, 1.807) is 0 Å². The first-order valence-corrected chi connectivity index (χ1v) is 5.61. The van der Waals surface area contributed by atoms with Crippen molar-refractivity contribution in [1.82, 2.24) is 0 Å². The van der Waals surface area contributed by atoms with Gasteiger partial charge < -0.3 is 0 Å². The molecule has 0 aliphatic carbocycles. The summed E-state index contributed by atoms with van der Waals surface area (Å²) in [6, 6.07) is 0. The summed E-state index contributed by atoms with van der Waals surface area (Å²) in [4.78, 5) is 0. The molecule has 0 rings (SSSR count). The van der Waals surface area contributed by atoms with E-state index in [1.807, 2.05) is 0 Å². The van der Waals surface area contributed by atoms with Crippen LogP contribution in [0, 0.1) is 0 Å². The standard InChI is InChI=1S/C8H18.H2O3S/c1-3-5-7-8-6-4-2;1-4(2)3/h3-8H2,1-2H3;4H,(H,1,2,3). The normalized spacial score (nSPS) is 9.33. The fourth-order valence-electron chi connectivity index (χ4n) is 0.854. The quantitative estimate of drug-likeness (QED) is 0.403. The molecule has 12 heavy (non-hydrogen) atoms. The molecule has 0 bridgehead atoms. The molecule has 0 aliphatic rings. The largest absolute Gasteiger partial charge is 0.288 e. The van der Waals surface area contributed by atoms with Gasteiger partial charge in [0, 0.05) is 0 Å². The second-order valence-electron chi connectivity index (χ2n) is 2.65. The van der Waals surface area contributed by atoms with Gasteiger partial charge in [0.2, 0.25) is 0 Å². The van der Waals surface area contributed by atoms with Crippen molar-refractivity contribution in [2.24, 2.45) is 0 Å². The van der Waals surface area contributed by atoms with Crippen LogP contribution in [0.3, 0.4) is 0 Å². The molecule has 0 spiro atoms. The summed E-state index contributed by atoms with van der Waals surface area (Å²) in [6.45, 7) is 4.51. The lowest BCUT2D eigenvalue weighted by molar-refractivity contribution is 0.509. The minimum atomic E-state index is -3.12. The molecule has 0 aromatic heterocycles. The minimum Gasteiger partial charge on any atom is -0.288 e. The molecule has 0 heterocycles. The molecule has 76 valence electrons. The third-order valence-corrected chi connectivity index (χ3v) is 1.46. The highest BCUT2D eigenvalue weighted by molar-refractivity contribution is 7.66. The molecule has 1 N–H and O–H groups in total. The number of unbranched alkanes of at least 4 members (excludes halogenated alkanes) is 5. The minimum absolute atomic E-state index is 1.36. The second kappa shape index (κ2) is 13.5. The summed E-state index contributed by atoms with van der Waals surface area (Å²) in [5, 5.41) is 0. The third kappa shape index (κ3) is 32.6. The van der Waals surface area contributed by atoms with Crippen LogP contribution in [-0.2, 0) is 11.0 Å². The van der Waals surface area contributed by atoms with Gasteiger partial charge in [-0.3, -0.25) is 4.55 Å². The van der Waals surface area contributed by atoms with E-state index in [0.29, 0.717) is 0 Å². The van der Waals surface area contributed by atoms with Crippen LogP contribution in [0.5, 0.6) is 0 Å². The summed E-state index contributed by atoms with van der Waals surface area (Å²) >= 11 is 0. The summed E-state index contributed by atoms with van der Waals surface area (Å²) in [5.41, 5.74) is 0. The average molecular weight is 196 g/mol. The highest BCUT2D eigenvalue weighted by Crippen LogP contribution is 2.03. The van der Waals surface area contributed by atoms with Gasteiger partial charge in [0.1, 0.15) is 0 Å². The maximum atomic E-state index is 8.59. The maximum absolute atomic E-state index is 8.59. The first-order chi connectivity index (χ1) is 5.65. The van der Waals surface area contributed by atoms with E-state index < -0.39 is 11.0 Å². The van der Waals surface area contributed by atoms with Crippen LogP contribution >= 0.6 is 0 Å². The molecular weight excluding hydrogens is 176 g/mol. The first kappa shape index (κ1) is 14.4. The molecular formula is C8H20O3S. The van der Waals surface area contributed by atoms with Crippen molar-refractivity contribution in [3.63, 3.8) is 0 Å². The van der Waals surface area contributed by atoms with Crippen LogP contribution in [0.1, 0.15) is 52.4 Å². The van der Waals surface area contributed by atoms with Gasteiger partial charge in [-0.05, 0) is 0 Å². The highest BCUT2D eigenvalue weighted by atomic mass is 32.2. The molecule has 0 aromatic carbocycles. The van der Waals surface area contributed by atoms with Crippen molar-refractivity contribution in [1.29, 1.82) is 0 Å². The van der Waals surface area contributed by atoms with Crippen molar-refractivity contribution in [2.45, 2.75) is 52.4 Å². The Morgan fingerprint density at radius 3 is 1.33 bits per heavy atom. The molecule has 4 heteroatoms. The number of hydrogen-bond acceptors (Lipinski definition) is 2. The van der Waals surface area contributed by atoms with Gasteiger partial charge in [-0.15, -0.1) is 0 Å². The van der Waals surface area contributed by atoms with E-state index >= 15 is 0 Å². The molecule has 0 aromatic rings. The third-order valence-electron chi connectivity index (χ3n) is 1.46. The monoisotopic (exact) mass is 196 g/mol. The van der Waals surface area contributed by atoms with E-state index in [-0.39, 0.29) is 0 Å². The van der Waals surface area contributed by atoms with Gasteiger partial charge in [0.15, 0.2) is 0 Å². The van der Waals surface area contributed by atoms with Crippen molar-refractivity contribution in [3.8, 4) is 0 Å². The van der Waals surface area contributed by atoms with Gasteiger partial charge in [-0.25, -0.2) is 8.42 Å². The van der Waals surface area contributed by atoms with Gasteiger partial charge >= 0.3 is 0 Å². The van der Waals surface area contributed by atoms with Crippen LogP contribution in [-0.4, -0.2) is 13.0 Å². The summed E-state index contributed by atoms with van der Waals surface area (Å²) in [7, 11) is -3.12. The van der Waals surface area contributed by atoms with Crippen molar-refractivity contribution in [2.75, 3.05) is 0 Å². The molecule has 0 radical (unpaired) electrons. The van der Waals surface area contributed by atoms with Crippen LogP contribution in [0.25, 0.3) is 0 Å². The Balaban J connectivity index is 0. The Morgan fingerprint density at radius 1 is 0.917 bits per heavy atom. The van der Waals surface area contributed by atoms with E-state index in [9.17, 15) is 0 Å². The van der Waals surface area contributed by atoms with Crippen LogP contribution in [0.4, 0.5) is 0 Å². The van der Waals surface area contributed by atoms with Gasteiger partial charge in [-0.1, -0.05) is 52.4 Å². The molecule has 0 saturated carbocycles. The molecule has 0 saturated heterocycles. The summed E-state index contributed by atoms with van der Waals surface area (Å²) in [5.74, 6) is 0. The summed E-state index contributed by atoms with van der Waals surface area (Å²) < 4.78 is 24.2. The van der Waals surface area contributed by atoms with E-state index in [1.165, 1.54) is 38.5 Å². The average Bonchev–Trinajstić information content (AvgIpc) is 1.97. The highest BCUT2D eigenvalue weighted by Gasteiger charge is 1.83. The lowest BCUT2D eigenvalue weighted by Gasteiger charge is -1.93. The Labute approximate surface area is 77.0 Å². The molecule has 0 unspecified atom stereocenters. The fourth-order valence-corrected chi connectivity index (χ4v) is 0.854. The predicted molar refractivity (Wildman–Crippen MR) is 52.0 cm³/mol. The lowest BCUT2D eigenvalue weighted by atomic mass is 10.1.